The molecule has 1 aromatic rings. The van der Waals surface area contributed by atoms with Crippen LogP contribution in [0.15, 0.2) is 55.1 Å². The Morgan fingerprint density at radius 1 is 1.17 bits per heavy atom. The van der Waals surface area contributed by atoms with Crippen molar-refractivity contribution < 1.29 is 0 Å². The molecule has 0 N–H and O–H groups in total. The van der Waals surface area contributed by atoms with Gasteiger partial charge in [0.1, 0.15) is 0 Å². The molecule has 0 saturated heterocycles. The van der Waals surface area contributed by atoms with Gasteiger partial charge in [0.25, 0.3) is 0 Å². The summed E-state index contributed by atoms with van der Waals surface area (Å²) in [5.74, 6) is 1.30. The molecule has 0 spiro atoms. The molecule has 2 atom stereocenters. The summed E-state index contributed by atoms with van der Waals surface area (Å²) in [6, 6.07) is 10.8. The van der Waals surface area contributed by atoms with E-state index in [1.807, 2.05) is 6.08 Å². The van der Waals surface area contributed by atoms with E-state index in [0.29, 0.717) is 11.8 Å². The van der Waals surface area contributed by atoms with Gasteiger partial charge in [-0.15, -0.1) is 6.58 Å². The second kappa shape index (κ2) is 8.74. The van der Waals surface area contributed by atoms with Crippen LogP contribution >= 0.6 is 0 Å². The van der Waals surface area contributed by atoms with E-state index in [0.717, 1.165) is 6.42 Å². The lowest BCUT2D eigenvalue weighted by Crippen LogP contribution is -1.95. The second-order valence-electron chi connectivity index (χ2n) is 5.01. The zero-order chi connectivity index (χ0) is 13.2. The van der Waals surface area contributed by atoms with Crippen LogP contribution < -0.4 is 0 Å². The van der Waals surface area contributed by atoms with Crippen LogP contribution in [0.5, 0.6) is 0 Å². The summed E-state index contributed by atoms with van der Waals surface area (Å²) in [4.78, 5) is 0. The maximum Gasteiger partial charge on any atom is -0.0130 e. The van der Waals surface area contributed by atoms with Crippen LogP contribution in [-0.2, 0) is 0 Å². The van der Waals surface area contributed by atoms with Crippen LogP contribution in [0.3, 0.4) is 0 Å². The standard InChI is InChI=1S/C18H26/c1-4-16(3)12-8-6-9-13-17(5-2)18-14-10-7-11-15-18/h4,6-7,9-11,14-17H,1,5,8,12-13H2,2-3H3. The fraction of sp³-hybridized carbons (Fsp3) is 0.444. The molecule has 0 nitrogen and oxygen atoms in total. The maximum absolute atomic E-state index is 3.82. The average molecular weight is 242 g/mol. The second-order valence-corrected chi connectivity index (χ2v) is 5.01. The quantitative estimate of drug-likeness (QED) is 0.511. The van der Waals surface area contributed by atoms with E-state index in [2.05, 4.69) is 62.9 Å². The minimum absolute atomic E-state index is 0.630. The molecule has 98 valence electrons. The van der Waals surface area contributed by atoms with Gasteiger partial charge in [0.05, 0.1) is 0 Å². The molecule has 0 aliphatic rings. The first-order valence-corrected chi connectivity index (χ1v) is 7.10. The highest BCUT2D eigenvalue weighted by Crippen LogP contribution is 2.23. The lowest BCUT2D eigenvalue weighted by molar-refractivity contribution is 0.650. The summed E-state index contributed by atoms with van der Waals surface area (Å²) in [7, 11) is 0. The average Bonchev–Trinajstić information content (AvgIpc) is 2.43. The first kappa shape index (κ1) is 14.8. The fourth-order valence-corrected chi connectivity index (χ4v) is 2.12. The number of hydrogen-bond acceptors (Lipinski definition) is 0. The van der Waals surface area contributed by atoms with E-state index in [1.165, 1.54) is 24.8 Å². The topological polar surface area (TPSA) is 0 Å². The van der Waals surface area contributed by atoms with Crippen molar-refractivity contribution >= 4 is 0 Å². The molecule has 1 aromatic carbocycles. The van der Waals surface area contributed by atoms with Crippen molar-refractivity contribution in [1.82, 2.24) is 0 Å². The first-order valence-electron chi connectivity index (χ1n) is 7.10. The number of hydrogen-bond donors (Lipinski definition) is 0. The van der Waals surface area contributed by atoms with Gasteiger partial charge < -0.3 is 0 Å². The van der Waals surface area contributed by atoms with Crippen molar-refractivity contribution in [3.05, 3.63) is 60.7 Å². The molecular formula is C18H26. The SMILES string of the molecule is C=CC(C)CCC=CCC(CC)c1ccccc1. The molecule has 18 heavy (non-hydrogen) atoms. The summed E-state index contributed by atoms with van der Waals surface area (Å²) >= 11 is 0. The van der Waals surface area contributed by atoms with Crippen LogP contribution in [0.25, 0.3) is 0 Å². The zero-order valence-electron chi connectivity index (χ0n) is 11.8. The van der Waals surface area contributed by atoms with Crippen molar-refractivity contribution in [3.8, 4) is 0 Å². The van der Waals surface area contributed by atoms with Gasteiger partial charge in [0.15, 0.2) is 0 Å². The number of benzene rings is 1. The van der Waals surface area contributed by atoms with E-state index in [9.17, 15) is 0 Å². The normalized spacial score (nSPS) is 14.6. The molecule has 0 radical (unpaired) electrons. The van der Waals surface area contributed by atoms with Crippen LogP contribution in [0.1, 0.15) is 51.0 Å². The molecule has 0 heteroatoms. The van der Waals surface area contributed by atoms with Gasteiger partial charge in [-0.1, -0.05) is 62.4 Å². The van der Waals surface area contributed by atoms with Gasteiger partial charge in [-0.2, -0.15) is 0 Å². The van der Waals surface area contributed by atoms with Crippen LogP contribution in [0, 0.1) is 5.92 Å². The third-order valence-electron chi connectivity index (χ3n) is 3.54. The molecule has 0 amide bonds. The van der Waals surface area contributed by atoms with Gasteiger partial charge in [-0.3, -0.25) is 0 Å². The summed E-state index contributed by atoms with van der Waals surface area (Å²) < 4.78 is 0. The van der Waals surface area contributed by atoms with Crippen molar-refractivity contribution in [2.45, 2.75) is 45.4 Å². The van der Waals surface area contributed by atoms with Gasteiger partial charge in [0.2, 0.25) is 0 Å². The lowest BCUT2D eigenvalue weighted by Gasteiger charge is -2.12. The van der Waals surface area contributed by atoms with Gasteiger partial charge in [0, 0.05) is 0 Å². The predicted molar refractivity (Wildman–Crippen MR) is 81.8 cm³/mol. The van der Waals surface area contributed by atoms with Gasteiger partial charge in [-0.05, 0) is 43.1 Å². The summed E-state index contributed by atoms with van der Waals surface area (Å²) in [6.07, 6.45) is 11.4. The van der Waals surface area contributed by atoms with Crippen molar-refractivity contribution in [3.63, 3.8) is 0 Å². The Kier molecular flexibility index (Phi) is 7.17. The molecule has 0 aliphatic carbocycles. The molecule has 0 aromatic heterocycles. The van der Waals surface area contributed by atoms with E-state index < -0.39 is 0 Å². The van der Waals surface area contributed by atoms with Gasteiger partial charge >= 0.3 is 0 Å². The Hall–Kier alpha value is -1.30. The van der Waals surface area contributed by atoms with Crippen LogP contribution in [-0.4, -0.2) is 0 Å². The van der Waals surface area contributed by atoms with Gasteiger partial charge in [-0.25, -0.2) is 0 Å². The number of rotatable bonds is 8. The zero-order valence-corrected chi connectivity index (χ0v) is 11.8. The molecule has 2 unspecified atom stereocenters. The predicted octanol–water partition coefficient (Wildman–Crippen LogP) is 5.73. The highest BCUT2D eigenvalue weighted by molar-refractivity contribution is 5.20. The van der Waals surface area contributed by atoms with Crippen molar-refractivity contribution in [2.75, 3.05) is 0 Å². The molecule has 0 heterocycles. The maximum atomic E-state index is 3.82. The van der Waals surface area contributed by atoms with Crippen molar-refractivity contribution in [1.29, 1.82) is 0 Å². The van der Waals surface area contributed by atoms with Crippen molar-refractivity contribution in [2.24, 2.45) is 5.92 Å². The highest BCUT2D eigenvalue weighted by Gasteiger charge is 2.05. The highest BCUT2D eigenvalue weighted by atomic mass is 14.1. The Bertz CT molecular complexity index is 348. The summed E-state index contributed by atoms with van der Waals surface area (Å²) in [5.41, 5.74) is 1.46. The van der Waals surface area contributed by atoms with Crippen LogP contribution in [0.4, 0.5) is 0 Å². The Morgan fingerprint density at radius 2 is 1.89 bits per heavy atom. The smallest absolute Gasteiger partial charge is 0.0130 e. The van der Waals surface area contributed by atoms with E-state index in [-0.39, 0.29) is 0 Å². The summed E-state index contributed by atoms with van der Waals surface area (Å²) in [6.45, 7) is 8.31. The Labute approximate surface area is 112 Å². The molecule has 0 saturated carbocycles. The minimum atomic E-state index is 0.630. The lowest BCUT2D eigenvalue weighted by atomic mass is 9.93. The molecule has 1 rings (SSSR count). The van der Waals surface area contributed by atoms with E-state index >= 15 is 0 Å². The Morgan fingerprint density at radius 3 is 2.50 bits per heavy atom. The summed E-state index contributed by atoms with van der Waals surface area (Å²) in [5, 5.41) is 0. The largest absolute Gasteiger partial charge is 0.103 e. The first-order chi connectivity index (χ1) is 8.77. The molecular weight excluding hydrogens is 216 g/mol. The van der Waals surface area contributed by atoms with Crippen LogP contribution in [0.2, 0.25) is 0 Å². The third kappa shape index (κ3) is 5.35. The Balaban J connectivity index is 2.36. The molecule has 0 bridgehead atoms. The van der Waals surface area contributed by atoms with E-state index in [1.54, 1.807) is 0 Å². The number of allylic oxidation sites excluding steroid dienone is 3. The molecule has 0 aliphatic heterocycles. The minimum Gasteiger partial charge on any atom is -0.103 e. The third-order valence-corrected chi connectivity index (χ3v) is 3.54. The fourth-order valence-electron chi connectivity index (χ4n) is 2.12. The molecule has 0 fully saturated rings. The monoisotopic (exact) mass is 242 g/mol. The van der Waals surface area contributed by atoms with E-state index in [4.69, 9.17) is 0 Å².